The van der Waals surface area contributed by atoms with Crippen LogP contribution in [0.25, 0.3) is 6.08 Å². The fourth-order valence-electron chi connectivity index (χ4n) is 2.53. The number of hydrogen-bond acceptors (Lipinski definition) is 6. The van der Waals surface area contributed by atoms with Crippen LogP contribution in [0, 0.1) is 0 Å². The Hall–Kier alpha value is -2.49. The van der Waals surface area contributed by atoms with Gasteiger partial charge in [0.1, 0.15) is 0 Å². The standard InChI is InChI=1S/C20H16BrClN2O5S/c1-2-28-15-8-11(9-16-19(26)24-20(27)30-16)7-12(21)18(15)29-10-17(25)23-14-6-4-3-5-13(14)22/h3-9H,2,10H2,1H3,(H,23,25)(H,24,26,27)/b16-9-. The van der Waals surface area contributed by atoms with Crippen molar-refractivity contribution in [3.05, 3.63) is 56.4 Å². The maximum absolute atomic E-state index is 12.2. The van der Waals surface area contributed by atoms with E-state index in [2.05, 4.69) is 26.6 Å². The van der Waals surface area contributed by atoms with Crippen molar-refractivity contribution in [2.75, 3.05) is 18.5 Å². The third-order valence-corrected chi connectivity index (χ3v) is 5.50. The third kappa shape index (κ3) is 5.56. The van der Waals surface area contributed by atoms with E-state index in [-0.39, 0.29) is 17.4 Å². The number of amides is 3. The van der Waals surface area contributed by atoms with Crippen molar-refractivity contribution in [3.8, 4) is 11.5 Å². The van der Waals surface area contributed by atoms with Crippen LogP contribution in [0.2, 0.25) is 5.02 Å². The number of rotatable bonds is 7. The molecule has 1 saturated heterocycles. The number of ether oxygens (including phenoxy) is 2. The quantitative estimate of drug-likeness (QED) is 0.517. The molecule has 2 aromatic rings. The van der Waals surface area contributed by atoms with Gasteiger partial charge in [-0.3, -0.25) is 19.7 Å². The maximum atomic E-state index is 12.2. The molecule has 0 atom stereocenters. The molecule has 2 aromatic carbocycles. The van der Waals surface area contributed by atoms with Crippen LogP contribution in [0.4, 0.5) is 10.5 Å². The predicted molar refractivity (Wildman–Crippen MR) is 120 cm³/mol. The molecule has 1 heterocycles. The molecule has 1 aliphatic heterocycles. The van der Waals surface area contributed by atoms with Crippen molar-refractivity contribution in [3.63, 3.8) is 0 Å². The van der Waals surface area contributed by atoms with E-state index in [0.29, 0.717) is 38.9 Å². The molecule has 2 N–H and O–H groups in total. The molecule has 1 fully saturated rings. The zero-order chi connectivity index (χ0) is 21.7. The topological polar surface area (TPSA) is 93.7 Å². The number of imide groups is 1. The summed E-state index contributed by atoms with van der Waals surface area (Å²) < 4.78 is 11.8. The highest BCUT2D eigenvalue weighted by atomic mass is 79.9. The van der Waals surface area contributed by atoms with E-state index in [9.17, 15) is 14.4 Å². The summed E-state index contributed by atoms with van der Waals surface area (Å²) in [5.74, 6) is -0.108. The molecule has 30 heavy (non-hydrogen) atoms. The molecule has 3 amide bonds. The molecule has 0 aromatic heterocycles. The van der Waals surface area contributed by atoms with Crippen molar-refractivity contribution in [2.24, 2.45) is 0 Å². The van der Waals surface area contributed by atoms with Crippen LogP contribution in [0.5, 0.6) is 11.5 Å². The first-order valence-electron chi connectivity index (χ1n) is 8.75. The number of carbonyl (C=O) groups is 3. The van der Waals surface area contributed by atoms with Crippen LogP contribution in [0.3, 0.4) is 0 Å². The number of hydrogen-bond donors (Lipinski definition) is 2. The Morgan fingerprint density at radius 2 is 2.03 bits per heavy atom. The third-order valence-electron chi connectivity index (χ3n) is 3.77. The van der Waals surface area contributed by atoms with Gasteiger partial charge in [0.2, 0.25) is 0 Å². The number of halogens is 2. The van der Waals surface area contributed by atoms with E-state index in [1.54, 1.807) is 42.5 Å². The zero-order valence-corrected chi connectivity index (χ0v) is 18.8. The Balaban J connectivity index is 1.76. The highest BCUT2D eigenvalue weighted by Gasteiger charge is 2.25. The molecule has 1 aliphatic rings. The van der Waals surface area contributed by atoms with Gasteiger partial charge in [0.05, 0.1) is 26.7 Å². The van der Waals surface area contributed by atoms with Gasteiger partial charge >= 0.3 is 0 Å². The lowest BCUT2D eigenvalue weighted by atomic mass is 10.2. The van der Waals surface area contributed by atoms with Gasteiger partial charge in [0.15, 0.2) is 18.1 Å². The Kier molecular flexibility index (Phi) is 7.41. The Morgan fingerprint density at radius 1 is 1.27 bits per heavy atom. The number of carbonyl (C=O) groups excluding carboxylic acids is 3. The molecule has 0 saturated carbocycles. The van der Waals surface area contributed by atoms with E-state index in [4.69, 9.17) is 21.1 Å². The average molecular weight is 512 g/mol. The summed E-state index contributed by atoms with van der Waals surface area (Å²) in [4.78, 5) is 35.6. The SMILES string of the molecule is CCOc1cc(/C=C2\SC(=O)NC2=O)cc(Br)c1OCC(=O)Nc1ccccc1Cl. The second-order valence-corrected chi connectivity index (χ2v) is 8.21. The van der Waals surface area contributed by atoms with Crippen molar-refractivity contribution >= 4 is 68.1 Å². The van der Waals surface area contributed by atoms with Crippen molar-refractivity contribution < 1.29 is 23.9 Å². The summed E-state index contributed by atoms with van der Waals surface area (Å²) in [5, 5.41) is 4.89. The predicted octanol–water partition coefficient (Wildman–Crippen LogP) is 4.84. The maximum Gasteiger partial charge on any atom is 0.290 e. The smallest absolute Gasteiger partial charge is 0.290 e. The summed E-state index contributed by atoms with van der Waals surface area (Å²) in [7, 11) is 0. The first-order valence-corrected chi connectivity index (χ1v) is 10.7. The molecule has 0 bridgehead atoms. The number of benzene rings is 2. The zero-order valence-electron chi connectivity index (χ0n) is 15.7. The molecule has 0 spiro atoms. The van der Waals surface area contributed by atoms with Crippen molar-refractivity contribution in [1.82, 2.24) is 5.32 Å². The van der Waals surface area contributed by atoms with E-state index in [1.807, 2.05) is 6.92 Å². The number of para-hydroxylation sites is 1. The molecule has 0 aliphatic carbocycles. The molecule has 7 nitrogen and oxygen atoms in total. The normalized spacial score (nSPS) is 14.6. The van der Waals surface area contributed by atoms with Crippen LogP contribution in [0.1, 0.15) is 12.5 Å². The molecular weight excluding hydrogens is 496 g/mol. The van der Waals surface area contributed by atoms with Gasteiger partial charge < -0.3 is 14.8 Å². The molecule has 0 unspecified atom stereocenters. The van der Waals surface area contributed by atoms with Crippen LogP contribution in [-0.2, 0) is 9.59 Å². The Morgan fingerprint density at radius 3 is 2.70 bits per heavy atom. The molecule has 10 heteroatoms. The summed E-state index contributed by atoms with van der Waals surface area (Å²) in [6, 6.07) is 10.3. The lowest BCUT2D eigenvalue weighted by molar-refractivity contribution is -0.118. The minimum absolute atomic E-state index is 0.267. The molecular formula is C20H16BrClN2O5S. The van der Waals surface area contributed by atoms with Crippen LogP contribution >= 0.6 is 39.3 Å². The van der Waals surface area contributed by atoms with E-state index < -0.39 is 11.1 Å². The average Bonchev–Trinajstić information content (AvgIpc) is 3.00. The van der Waals surface area contributed by atoms with Gasteiger partial charge in [-0.1, -0.05) is 23.7 Å². The molecule has 3 rings (SSSR count). The van der Waals surface area contributed by atoms with Gasteiger partial charge in [-0.15, -0.1) is 0 Å². The number of nitrogens with one attached hydrogen (secondary N) is 2. The first-order chi connectivity index (χ1) is 14.4. The fourth-order valence-corrected chi connectivity index (χ4v) is 3.97. The Bertz CT molecular complexity index is 1040. The van der Waals surface area contributed by atoms with Gasteiger partial charge in [-0.05, 0) is 70.5 Å². The first kappa shape index (κ1) is 22.2. The van der Waals surface area contributed by atoms with Crippen LogP contribution < -0.4 is 20.1 Å². The van der Waals surface area contributed by atoms with Crippen LogP contribution in [-0.4, -0.2) is 30.3 Å². The van der Waals surface area contributed by atoms with Gasteiger partial charge in [-0.2, -0.15) is 0 Å². The fraction of sp³-hybridized carbons (Fsp3) is 0.150. The van der Waals surface area contributed by atoms with Crippen molar-refractivity contribution in [1.29, 1.82) is 0 Å². The minimum atomic E-state index is -0.448. The number of anilines is 1. The largest absolute Gasteiger partial charge is 0.490 e. The van der Waals surface area contributed by atoms with Crippen molar-refractivity contribution in [2.45, 2.75) is 6.92 Å². The van der Waals surface area contributed by atoms with Gasteiger partial charge in [0, 0.05) is 0 Å². The van der Waals surface area contributed by atoms with Crippen LogP contribution in [0.15, 0.2) is 45.8 Å². The second kappa shape index (κ2) is 10.0. The second-order valence-electron chi connectivity index (χ2n) is 5.93. The van der Waals surface area contributed by atoms with Gasteiger partial charge in [0.25, 0.3) is 17.1 Å². The highest BCUT2D eigenvalue weighted by molar-refractivity contribution is 9.10. The van der Waals surface area contributed by atoms with Gasteiger partial charge in [-0.25, -0.2) is 0 Å². The van der Waals surface area contributed by atoms with E-state index in [1.165, 1.54) is 0 Å². The Labute approximate surface area is 190 Å². The lowest BCUT2D eigenvalue weighted by Crippen LogP contribution is -2.20. The summed E-state index contributed by atoms with van der Waals surface area (Å²) in [6.45, 7) is 1.91. The van der Waals surface area contributed by atoms with E-state index in [0.717, 1.165) is 11.8 Å². The lowest BCUT2D eigenvalue weighted by Gasteiger charge is -2.15. The number of thioether (sulfide) groups is 1. The summed E-state index contributed by atoms with van der Waals surface area (Å²) >= 11 is 10.3. The monoisotopic (exact) mass is 510 g/mol. The van der Waals surface area contributed by atoms with E-state index >= 15 is 0 Å². The highest BCUT2D eigenvalue weighted by Crippen LogP contribution is 2.38. The minimum Gasteiger partial charge on any atom is -0.490 e. The summed E-state index contributed by atoms with van der Waals surface area (Å²) in [5.41, 5.74) is 1.12. The summed E-state index contributed by atoms with van der Waals surface area (Å²) in [6.07, 6.45) is 1.58. The molecule has 156 valence electrons. The molecule has 0 radical (unpaired) electrons.